The Morgan fingerprint density at radius 3 is 2.43 bits per heavy atom. The number of carbonyl (C=O) groups is 3. The van der Waals surface area contributed by atoms with Crippen molar-refractivity contribution in [2.45, 2.75) is 65.3 Å². The van der Waals surface area contributed by atoms with Gasteiger partial charge in [-0.3, -0.25) is 14.5 Å². The number of imide groups is 1. The number of nitrogens with one attached hydrogen (secondary N) is 3. The van der Waals surface area contributed by atoms with Gasteiger partial charge < -0.3 is 16.0 Å². The first-order valence-corrected chi connectivity index (χ1v) is 10.2. The molecular weight excluding hydrogens is 380 g/mol. The lowest BCUT2D eigenvalue weighted by atomic mass is 9.64. The van der Waals surface area contributed by atoms with E-state index in [1.807, 2.05) is 0 Å². The predicted octanol–water partition coefficient (Wildman–Crippen LogP) is 2.05. The number of carbonyl (C=O) groups excluding carboxylic acids is 3. The van der Waals surface area contributed by atoms with Crippen molar-refractivity contribution in [2.75, 3.05) is 26.2 Å². The highest BCUT2D eigenvalue weighted by molar-refractivity contribution is 6.09. The largest absolute Gasteiger partial charge is 0.354 e. The monoisotopic (exact) mass is 414 g/mol. The molecule has 28 heavy (non-hydrogen) atoms. The number of nitrogens with zero attached hydrogens (tertiary/aromatic N) is 1. The number of halogens is 1. The van der Waals surface area contributed by atoms with Crippen LogP contribution in [0.25, 0.3) is 0 Å². The molecule has 2 aliphatic heterocycles. The van der Waals surface area contributed by atoms with Gasteiger partial charge in [-0.25, -0.2) is 4.79 Å². The summed E-state index contributed by atoms with van der Waals surface area (Å²) < 4.78 is 0. The molecule has 3 aliphatic rings. The number of piperidine rings is 1. The van der Waals surface area contributed by atoms with E-state index in [9.17, 15) is 14.4 Å². The maximum Gasteiger partial charge on any atom is 0.325 e. The van der Waals surface area contributed by atoms with Gasteiger partial charge >= 0.3 is 6.03 Å². The van der Waals surface area contributed by atoms with Crippen molar-refractivity contribution in [3.8, 4) is 0 Å². The van der Waals surface area contributed by atoms with Gasteiger partial charge in [0.2, 0.25) is 5.91 Å². The van der Waals surface area contributed by atoms with E-state index < -0.39 is 11.6 Å². The van der Waals surface area contributed by atoms with Crippen LogP contribution in [0.2, 0.25) is 0 Å². The van der Waals surface area contributed by atoms with Crippen molar-refractivity contribution in [3.05, 3.63) is 0 Å². The summed E-state index contributed by atoms with van der Waals surface area (Å²) in [6, 6.07) is -0.437. The van der Waals surface area contributed by atoms with Crippen molar-refractivity contribution in [3.63, 3.8) is 0 Å². The third-order valence-corrected chi connectivity index (χ3v) is 6.45. The van der Waals surface area contributed by atoms with Crippen LogP contribution in [0.1, 0.15) is 59.8 Å². The standard InChI is InChI=1S/C20H34N4O3.ClH/c1-14-9-18(2,3)12-20(10-14)16(26)24(17(27)23-20)11-15(25)22-13-19(4)5-7-21-8-6-19;/h14,21H,5-13H2,1-4H3,(H,22,25)(H,23,27);1H. The van der Waals surface area contributed by atoms with E-state index in [0.717, 1.165) is 37.3 Å². The number of rotatable bonds is 4. The molecule has 1 spiro atoms. The average molecular weight is 415 g/mol. The van der Waals surface area contributed by atoms with E-state index in [0.29, 0.717) is 25.3 Å². The van der Waals surface area contributed by atoms with Crippen LogP contribution in [0, 0.1) is 16.7 Å². The summed E-state index contributed by atoms with van der Waals surface area (Å²) in [6.45, 7) is 10.9. The summed E-state index contributed by atoms with van der Waals surface area (Å²) in [4.78, 5) is 39.1. The minimum atomic E-state index is -0.848. The lowest BCUT2D eigenvalue weighted by Gasteiger charge is -2.43. The highest BCUT2D eigenvalue weighted by Gasteiger charge is 2.56. The summed E-state index contributed by atoms with van der Waals surface area (Å²) in [5.41, 5.74) is -0.787. The molecule has 0 aromatic heterocycles. The van der Waals surface area contributed by atoms with Gasteiger partial charge in [0.15, 0.2) is 0 Å². The Bertz CT molecular complexity index is 633. The third kappa shape index (κ3) is 4.79. The predicted molar refractivity (Wildman–Crippen MR) is 110 cm³/mol. The third-order valence-electron chi connectivity index (χ3n) is 6.45. The van der Waals surface area contributed by atoms with Gasteiger partial charge in [-0.05, 0) is 61.9 Å². The lowest BCUT2D eigenvalue weighted by molar-refractivity contribution is -0.137. The highest BCUT2D eigenvalue weighted by atomic mass is 35.5. The number of urea groups is 1. The minimum Gasteiger partial charge on any atom is -0.354 e. The second kappa shape index (κ2) is 8.19. The molecule has 7 nitrogen and oxygen atoms in total. The molecule has 2 unspecified atom stereocenters. The van der Waals surface area contributed by atoms with Crippen LogP contribution >= 0.6 is 12.4 Å². The van der Waals surface area contributed by atoms with E-state index in [1.54, 1.807) is 0 Å². The summed E-state index contributed by atoms with van der Waals surface area (Å²) >= 11 is 0. The second-order valence-electron chi connectivity index (χ2n) is 10.1. The minimum absolute atomic E-state index is 0. The van der Waals surface area contributed by atoms with Crippen LogP contribution in [-0.4, -0.2) is 54.5 Å². The second-order valence-corrected chi connectivity index (χ2v) is 10.1. The Labute approximate surface area is 174 Å². The van der Waals surface area contributed by atoms with Gasteiger partial charge in [-0.1, -0.05) is 27.7 Å². The molecule has 1 saturated carbocycles. The van der Waals surface area contributed by atoms with Gasteiger partial charge in [0.05, 0.1) is 0 Å². The molecule has 3 rings (SSSR count). The summed E-state index contributed by atoms with van der Waals surface area (Å²) in [5.74, 6) is -0.152. The molecule has 0 bridgehead atoms. The van der Waals surface area contributed by atoms with Crippen molar-refractivity contribution in [1.29, 1.82) is 0 Å². The number of amides is 4. The molecule has 3 N–H and O–H groups in total. The molecule has 8 heteroatoms. The molecule has 160 valence electrons. The molecule has 3 fully saturated rings. The van der Waals surface area contributed by atoms with Gasteiger partial charge in [-0.2, -0.15) is 0 Å². The van der Waals surface area contributed by atoms with Gasteiger partial charge in [0.1, 0.15) is 12.1 Å². The quantitative estimate of drug-likeness (QED) is 0.614. The first-order chi connectivity index (χ1) is 12.5. The van der Waals surface area contributed by atoms with Crippen molar-refractivity contribution < 1.29 is 14.4 Å². The molecule has 2 heterocycles. The zero-order valence-electron chi connectivity index (χ0n) is 17.5. The van der Waals surface area contributed by atoms with Crippen LogP contribution in [0.4, 0.5) is 4.79 Å². The van der Waals surface area contributed by atoms with Crippen LogP contribution in [0.3, 0.4) is 0 Å². The van der Waals surface area contributed by atoms with E-state index in [-0.39, 0.29) is 41.6 Å². The Morgan fingerprint density at radius 2 is 1.82 bits per heavy atom. The summed E-state index contributed by atoms with van der Waals surface area (Å²) in [7, 11) is 0. The molecule has 2 saturated heterocycles. The van der Waals surface area contributed by atoms with Gasteiger partial charge in [-0.15, -0.1) is 12.4 Å². The molecule has 1 aliphatic carbocycles. The fourth-order valence-electron chi connectivity index (χ4n) is 5.37. The zero-order chi connectivity index (χ0) is 19.9. The molecule has 0 aromatic carbocycles. The van der Waals surface area contributed by atoms with Crippen LogP contribution in [0.5, 0.6) is 0 Å². The van der Waals surface area contributed by atoms with E-state index in [4.69, 9.17) is 0 Å². The van der Waals surface area contributed by atoms with Gasteiger partial charge in [0.25, 0.3) is 5.91 Å². The van der Waals surface area contributed by atoms with Crippen molar-refractivity contribution in [2.24, 2.45) is 16.7 Å². The Morgan fingerprint density at radius 1 is 1.18 bits per heavy atom. The zero-order valence-corrected chi connectivity index (χ0v) is 18.3. The Kier molecular flexibility index (Phi) is 6.71. The maximum atomic E-state index is 13.1. The fourth-order valence-corrected chi connectivity index (χ4v) is 5.37. The molecule has 0 radical (unpaired) electrons. The molecule has 0 aromatic rings. The summed E-state index contributed by atoms with van der Waals surface area (Å²) in [6.07, 6.45) is 4.31. The fraction of sp³-hybridized carbons (Fsp3) is 0.850. The molecule has 2 atom stereocenters. The van der Waals surface area contributed by atoms with Gasteiger partial charge in [0, 0.05) is 6.54 Å². The van der Waals surface area contributed by atoms with Crippen LogP contribution in [-0.2, 0) is 9.59 Å². The smallest absolute Gasteiger partial charge is 0.325 e. The summed E-state index contributed by atoms with van der Waals surface area (Å²) in [5, 5.41) is 9.18. The number of hydrogen-bond donors (Lipinski definition) is 3. The van der Waals surface area contributed by atoms with E-state index >= 15 is 0 Å². The van der Waals surface area contributed by atoms with Crippen molar-refractivity contribution in [1.82, 2.24) is 20.9 Å². The van der Waals surface area contributed by atoms with E-state index in [2.05, 4.69) is 43.6 Å². The van der Waals surface area contributed by atoms with Crippen LogP contribution in [0.15, 0.2) is 0 Å². The van der Waals surface area contributed by atoms with Crippen LogP contribution < -0.4 is 16.0 Å². The molecule has 4 amide bonds. The first kappa shape index (κ1) is 22.9. The van der Waals surface area contributed by atoms with E-state index in [1.165, 1.54) is 0 Å². The normalized spacial score (nSPS) is 31.3. The average Bonchev–Trinajstić information content (AvgIpc) is 2.75. The number of hydrogen-bond acceptors (Lipinski definition) is 4. The SMILES string of the molecule is CC1CC(C)(C)CC2(C1)NC(=O)N(CC(=O)NCC1(C)CCNCC1)C2=O.Cl. The lowest BCUT2D eigenvalue weighted by Crippen LogP contribution is -2.54. The Hall–Kier alpha value is -1.34. The Balaban J connectivity index is 0.00000280. The highest BCUT2D eigenvalue weighted by Crippen LogP contribution is 2.46. The van der Waals surface area contributed by atoms with Crippen molar-refractivity contribution >= 4 is 30.3 Å². The maximum absolute atomic E-state index is 13.1. The topological polar surface area (TPSA) is 90.5 Å². The first-order valence-electron chi connectivity index (χ1n) is 10.2. The molecular formula is C20H35ClN4O3.